The standard InChI is InChI=1S/C29H32N2O4/c1-19(2)20-5-9-22(10-6-20)30-29(33)26-17-18-27(32)31(23-11-15-25(35-4)16-12-23)28(26)21-7-13-24(34-3)14-8-21/h5-16,19,26,28H,17-18H2,1-4H3,(H,30,33)/t26-,28+/m1/s1. The highest BCUT2D eigenvalue weighted by Gasteiger charge is 2.41. The van der Waals surface area contributed by atoms with Gasteiger partial charge < -0.3 is 19.7 Å². The summed E-state index contributed by atoms with van der Waals surface area (Å²) in [6.07, 6.45) is 0.765. The molecule has 0 bridgehead atoms. The number of benzene rings is 3. The maximum absolute atomic E-state index is 13.6. The van der Waals surface area contributed by atoms with Crippen LogP contribution in [0, 0.1) is 5.92 Å². The van der Waals surface area contributed by atoms with Gasteiger partial charge in [-0.05, 0) is 72.0 Å². The number of carbonyl (C=O) groups is 2. The first-order chi connectivity index (χ1) is 16.9. The number of amides is 2. The lowest BCUT2D eigenvalue weighted by Gasteiger charge is -2.41. The average Bonchev–Trinajstić information content (AvgIpc) is 2.89. The predicted octanol–water partition coefficient (Wildman–Crippen LogP) is 5.95. The molecule has 0 aromatic heterocycles. The minimum Gasteiger partial charge on any atom is -0.497 e. The fourth-order valence-electron chi connectivity index (χ4n) is 4.58. The van der Waals surface area contributed by atoms with Crippen molar-refractivity contribution in [3.05, 3.63) is 83.9 Å². The minimum absolute atomic E-state index is 0.0127. The van der Waals surface area contributed by atoms with Gasteiger partial charge in [0.1, 0.15) is 11.5 Å². The molecular formula is C29H32N2O4. The average molecular weight is 473 g/mol. The molecule has 0 radical (unpaired) electrons. The Morgan fingerprint density at radius 1 is 0.886 bits per heavy atom. The fraction of sp³-hybridized carbons (Fsp3) is 0.310. The molecule has 1 heterocycles. The van der Waals surface area contributed by atoms with E-state index in [1.54, 1.807) is 19.1 Å². The Morgan fingerprint density at radius 2 is 1.46 bits per heavy atom. The van der Waals surface area contributed by atoms with Crippen LogP contribution in [0.2, 0.25) is 0 Å². The number of methoxy groups -OCH3 is 2. The number of hydrogen-bond acceptors (Lipinski definition) is 4. The number of piperidine rings is 1. The van der Waals surface area contributed by atoms with Crippen molar-refractivity contribution in [1.82, 2.24) is 0 Å². The first-order valence-corrected chi connectivity index (χ1v) is 11.9. The Bertz CT molecular complexity index is 1150. The summed E-state index contributed by atoms with van der Waals surface area (Å²) in [5.74, 6) is 1.31. The summed E-state index contributed by atoms with van der Waals surface area (Å²) in [7, 11) is 3.22. The van der Waals surface area contributed by atoms with E-state index in [1.807, 2.05) is 72.8 Å². The molecule has 0 aliphatic carbocycles. The number of ether oxygens (including phenoxy) is 2. The number of carbonyl (C=O) groups excluding carboxylic acids is 2. The molecule has 0 saturated carbocycles. The molecule has 35 heavy (non-hydrogen) atoms. The van der Waals surface area contributed by atoms with Gasteiger partial charge in [0.25, 0.3) is 0 Å². The van der Waals surface area contributed by atoms with E-state index >= 15 is 0 Å². The van der Waals surface area contributed by atoms with Gasteiger partial charge in [0.2, 0.25) is 11.8 Å². The molecule has 3 aromatic rings. The number of rotatable bonds is 7. The molecule has 0 unspecified atom stereocenters. The lowest BCUT2D eigenvalue weighted by atomic mass is 9.83. The monoisotopic (exact) mass is 472 g/mol. The summed E-state index contributed by atoms with van der Waals surface area (Å²) < 4.78 is 10.6. The Balaban J connectivity index is 1.69. The molecule has 1 aliphatic heterocycles. The number of nitrogens with one attached hydrogen (secondary N) is 1. The van der Waals surface area contributed by atoms with E-state index in [4.69, 9.17) is 9.47 Å². The van der Waals surface area contributed by atoms with Crippen LogP contribution in [0.5, 0.6) is 11.5 Å². The van der Waals surface area contributed by atoms with Crippen LogP contribution in [0.1, 0.15) is 49.8 Å². The highest BCUT2D eigenvalue weighted by Crippen LogP contribution is 2.41. The van der Waals surface area contributed by atoms with E-state index in [2.05, 4.69) is 19.2 Å². The topological polar surface area (TPSA) is 67.9 Å². The third kappa shape index (κ3) is 5.32. The van der Waals surface area contributed by atoms with Crippen LogP contribution >= 0.6 is 0 Å². The van der Waals surface area contributed by atoms with Crippen LogP contribution in [-0.4, -0.2) is 26.0 Å². The lowest BCUT2D eigenvalue weighted by Crippen LogP contribution is -2.46. The third-order valence-corrected chi connectivity index (χ3v) is 6.59. The first kappa shape index (κ1) is 24.3. The van der Waals surface area contributed by atoms with E-state index in [0.717, 1.165) is 22.7 Å². The molecule has 3 aromatic carbocycles. The van der Waals surface area contributed by atoms with Gasteiger partial charge in [0, 0.05) is 17.8 Å². The number of nitrogens with zero attached hydrogens (tertiary/aromatic N) is 1. The summed E-state index contributed by atoms with van der Waals surface area (Å²) in [5, 5.41) is 3.08. The van der Waals surface area contributed by atoms with Crippen molar-refractivity contribution < 1.29 is 19.1 Å². The van der Waals surface area contributed by atoms with Gasteiger partial charge in [-0.3, -0.25) is 9.59 Å². The quantitative estimate of drug-likeness (QED) is 0.461. The number of anilines is 2. The summed E-state index contributed by atoms with van der Waals surface area (Å²) in [6.45, 7) is 4.28. The molecule has 4 rings (SSSR count). The van der Waals surface area contributed by atoms with Gasteiger partial charge in [0.05, 0.1) is 26.2 Å². The molecule has 182 valence electrons. The van der Waals surface area contributed by atoms with Gasteiger partial charge in [-0.15, -0.1) is 0 Å². The second-order valence-electron chi connectivity index (χ2n) is 9.09. The molecule has 6 nitrogen and oxygen atoms in total. The van der Waals surface area contributed by atoms with Crippen molar-refractivity contribution in [2.45, 2.75) is 38.6 Å². The van der Waals surface area contributed by atoms with Crippen LogP contribution < -0.4 is 19.7 Å². The van der Waals surface area contributed by atoms with Crippen molar-refractivity contribution in [2.24, 2.45) is 5.92 Å². The molecule has 6 heteroatoms. The van der Waals surface area contributed by atoms with Crippen molar-refractivity contribution in [3.8, 4) is 11.5 Å². The maximum atomic E-state index is 13.6. The fourth-order valence-corrected chi connectivity index (χ4v) is 4.58. The van der Waals surface area contributed by atoms with Gasteiger partial charge in [-0.1, -0.05) is 38.1 Å². The SMILES string of the molecule is COc1ccc([C@H]2[C@H](C(=O)Nc3ccc(C(C)C)cc3)CCC(=O)N2c2ccc(OC)cc2)cc1. The predicted molar refractivity (Wildman–Crippen MR) is 138 cm³/mol. The van der Waals surface area contributed by atoms with E-state index in [-0.39, 0.29) is 11.8 Å². The molecule has 2 amide bonds. The minimum atomic E-state index is -0.453. The summed E-state index contributed by atoms with van der Waals surface area (Å²) >= 11 is 0. The van der Waals surface area contributed by atoms with Crippen molar-refractivity contribution in [1.29, 1.82) is 0 Å². The summed E-state index contributed by atoms with van der Waals surface area (Å²) in [6, 6.07) is 22.4. The van der Waals surface area contributed by atoms with Crippen molar-refractivity contribution >= 4 is 23.2 Å². The first-order valence-electron chi connectivity index (χ1n) is 11.9. The van der Waals surface area contributed by atoms with Gasteiger partial charge in [-0.2, -0.15) is 0 Å². The number of hydrogen-bond donors (Lipinski definition) is 1. The Labute approximate surface area is 206 Å². The summed E-state index contributed by atoms with van der Waals surface area (Å²) in [4.78, 5) is 28.6. The van der Waals surface area contributed by atoms with Crippen molar-refractivity contribution in [2.75, 3.05) is 24.4 Å². The molecule has 1 fully saturated rings. The molecular weight excluding hydrogens is 440 g/mol. The van der Waals surface area contributed by atoms with Gasteiger partial charge >= 0.3 is 0 Å². The second-order valence-corrected chi connectivity index (χ2v) is 9.09. The Kier molecular flexibility index (Phi) is 7.39. The zero-order valence-corrected chi connectivity index (χ0v) is 20.7. The van der Waals surface area contributed by atoms with E-state index in [0.29, 0.717) is 24.5 Å². The van der Waals surface area contributed by atoms with Crippen LogP contribution in [0.15, 0.2) is 72.8 Å². The van der Waals surface area contributed by atoms with Crippen LogP contribution in [-0.2, 0) is 9.59 Å². The highest BCUT2D eigenvalue weighted by molar-refractivity contribution is 6.00. The third-order valence-electron chi connectivity index (χ3n) is 6.59. The van der Waals surface area contributed by atoms with Crippen molar-refractivity contribution in [3.63, 3.8) is 0 Å². The maximum Gasteiger partial charge on any atom is 0.229 e. The van der Waals surface area contributed by atoms with Gasteiger partial charge in [-0.25, -0.2) is 0 Å². The summed E-state index contributed by atoms with van der Waals surface area (Å²) in [5.41, 5.74) is 3.58. The Hall–Kier alpha value is -3.80. The van der Waals surface area contributed by atoms with Crippen LogP contribution in [0.4, 0.5) is 11.4 Å². The van der Waals surface area contributed by atoms with E-state index < -0.39 is 12.0 Å². The Morgan fingerprint density at radius 3 is 2.00 bits per heavy atom. The van der Waals surface area contributed by atoms with Gasteiger partial charge in [0.15, 0.2) is 0 Å². The molecule has 0 spiro atoms. The van der Waals surface area contributed by atoms with Crippen LogP contribution in [0.3, 0.4) is 0 Å². The highest BCUT2D eigenvalue weighted by atomic mass is 16.5. The molecule has 2 atom stereocenters. The smallest absolute Gasteiger partial charge is 0.229 e. The normalized spacial score (nSPS) is 17.9. The van der Waals surface area contributed by atoms with Crippen LogP contribution in [0.25, 0.3) is 0 Å². The molecule has 1 N–H and O–H groups in total. The van der Waals surface area contributed by atoms with E-state index in [9.17, 15) is 9.59 Å². The van der Waals surface area contributed by atoms with E-state index in [1.165, 1.54) is 5.56 Å². The lowest BCUT2D eigenvalue weighted by molar-refractivity contribution is -0.125. The molecule has 1 saturated heterocycles. The molecule has 1 aliphatic rings. The zero-order valence-electron chi connectivity index (χ0n) is 20.7. The second kappa shape index (κ2) is 10.6. The largest absolute Gasteiger partial charge is 0.497 e. The zero-order chi connectivity index (χ0) is 24.9.